The molecule has 0 bridgehead atoms. The van der Waals surface area contributed by atoms with Crippen molar-refractivity contribution in [2.75, 3.05) is 0 Å². The molecular weight excluding hydrogens is 196 g/mol. The van der Waals surface area contributed by atoms with Gasteiger partial charge in [0, 0.05) is 0 Å². The SMILES string of the molecule is CC(/C=C/[C@@H]1[C@@H](C)CCCC1(C)C)=C\C=O. The lowest BCUT2D eigenvalue weighted by atomic mass is 9.64. The molecule has 0 radical (unpaired) electrons. The lowest BCUT2D eigenvalue weighted by Crippen LogP contribution is -2.32. The second-order valence-electron chi connectivity index (χ2n) is 5.79. The molecular formula is C15H24O. The fraction of sp³-hybridized carbons (Fsp3) is 0.667. The summed E-state index contributed by atoms with van der Waals surface area (Å²) in [6.07, 6.45) is 10.9. The molecule has 16 heavy (non-hydrogen) atoms. The van der Waals surface area contributed by atoms with Crippen LogP contribution in [0.15, 0.2) is 23.8 Å². The third-order valence-corrected chi connectivity index (χ3v) is 3.89. The molecule has 1 fully saturated rings. The van der Waals surface area contributed by atoms with Crippen LogP contribution >= 0.6 is 0 Å². The maximum Gasteiger partial charge on any atom is 0.143 e. The van der Waals surface area contributed by atoms with Gasteiger partial charge in [-0.05, 0) is 42.2 Å². The first-order valence-corrected chi connectivity index (χ1v) is 6.27. The molecule has 1 aliphatic rings. The summed E-state index contributed by atoms with van der Waals surface area (Å²) in [4.78, 5) is 10.3. The number of hydrogen-bond acceptors (Lipinski definition) is 1. The molecule has 0 saturated heterocycles. The van der Waals surface area contributed by atoms with Crippen molar-refractivity contribution < 1.29 is 4.79 Å². The highest BCUT2D eigenvalue weighted by Gasteiger charge is 2.34. The van der Waals surface area contributed by atoms with E-state index in [0.29, 0.717) is 11.3 Å². The van der Waals surface area contributed by atoms with Gasteiger partial charge in [-0.2, -0.15) is 0 Å². The molecule has 0 N–H and O–H groups in total. The van der Waals surface area contributed by atoms with E-state index in [2.05, 4.69) is 32.9 Å². The molecule has 0 aliphatic heterocycles. The van der Waals surface area contributed by atoms with Gasteiger partial charge in [0.25, 0.3) is 0 Å². The molecule has 2 atom stereocenters. The number of allylic oxidation sites excluding steroid dienone is 4. The van der Waals surface area contributed by atoms with E-state index in [1.165, 1.54) is 19.3 Å². The smallest absolute Gasteiger partial charge is 0.143 e. The first-order valence-electron chi connectivity index (χ1n) is 6.27. The van der Waals surface area contributed by atoms with Gasteiger partial charge in [-0.3, -0.25) is 4.79 Å². The Hall–Kier alpha value is -0.850. The van der Waals surface area contributed by atoms with E-state index in [-0.39, 0.29) is 0 Å². The number of hydrogen-bond donors (Lipinski definition) is 0. The summed E-state index contributed by atoms with van der Waals surface area (Å²) in [6, 6.07) is 0. The minimum atomic E-state index is 0.398. The largest absolute Gasteiger partial charge is 0.299 e. The fourth-order valence-corrected chi connectivity index (χ4v) is 2.86. The summed E-state index contributed by atoms with van der Waals surface area (Å²) >= 11 is 0. The molecule has 1 aliphatic carbocycles. The van der Waals surface area contributed by atoms with Crippen molar-refractivity contribution in [3.05, 3.63) is 23.8 Å². The Morgan fingerprint density at radius 3 is 2.62 bits per heavy atom. The van der Waals surface area contributed by atoms with Crippen molar-refractivity contribution in [1.82, 2.24) is 0 Å². The van der Waals surface area contributed by atoms with Crippen LogP contribution in [0.3, 0.4) is 0 Å². The van der Waals surface area contributed by atoms with Gasteiger partial charge in [-0.15, -0.1) is 0 Å². The molecule has 90 valence electrons. The molecule has 0 heterocycles. The van der Waals surface area contributed by atoms with E-state index in [1.54, 1.807) is 6.08 Å². The highest BCUT2D eigenvalue weighted by atomic mass is 16.1. The summed E-state index contributed by atoms with van der Waals surface area (Å²) in [5, 5.41) is 0. The fourth-order valence-electron chi connectivity index (χ4n) is 2.86. The average molecular weight is 220 g/mol. The highest BCUT2D eigenvalue weighted by molar-refractivity contribution is 5.66. The van der Waals surface area contributed by atoms with Gasteiger partial charge >= 0.3 is 0 Å². The van der Waals surface area contributed by atoms with Crippen molar-refractivity contribution in [2.45, 2.75) is 47.0 Å². The van der Waals surface area contributed by atoms with Crippen LogP contribution in [-0.2, 0) is 4.79 Å². The molecule has 1 rings (SSSR count). The van der Waals surface area contributed by atoms with Crippen LogP contribution in [0, 0.1) is 17.3 Å². The number of rotatable bonds is 3. The topological polar surface area (TPSA) is 17.1 Å². The van der Waals surface area contributed by atoms with E-state index in [1.807, 2.05) is 6.92 Å². The average Bonchev–Trinajstić information content (AvgIpc) is 2.16. The van der Waals surface area contributed by atoms with Crippen LogP contribution in [0.25, 0.3) is 0 Å². The van der Waals surface area contributed by atoms with Gasteiger partial charge < -0.3 is 0 Å². The Morgan fingerprint density at radius 1 is 1.38 bits per heavy atom. The normalized spacial score (nSPS) is 30.6. The van der Waals surface area contributed by atoms with Crippen LogP contribution in [0.5, 0.6) is 0 Å². The quantitative estimate of drug-likeness (QED) is 0.397. The van der Waals surface area contributed by atoms with Gasteiger partial charge in [0.2, 0.25) is 0 Å². The minimum Gasteiger partial charge on any atom is -0.299 e. The van der Waals surface area contributed by atoms with E-state index in [4.69, 9.17) is 0 Å². The Balaban J connectivity index is 2.76. The predicted octanol–water partition coefficient (Wildman–Crippen LogP) is 4.15. The molecule has 0 aromatic heterocycles. The number of carbonyl (C=O) groups excluding carboxylic acids is 1. The zero-order valence-electron chi connectivity index (χ0n) is 11.0. The second-order valence-corrected chi connectivity index (χ2v) is 5.79. The second kappa shape index (κ2) is 5.47. The molecule has 0 amide bonds. The van der Waals surface area contributed by atoms with Crippen LogP contribution in [0.2, 0.25) is 0 Å². The molecule has 0 aromatic carbocycles. The van der Waals surface area contributed by atoms with Crippen LogP contribution in [0.1, 0.15) is 47.0 Å². The lowest BCUT2D eigenvalue weighted by Gasteiger charge is -2.41. The maximum atomic E-state index is 10.3. The van der Waals surface area contributed by atoms with Gasteiger partial charge in [-0.25, -0.2) is 0 Å². The maximum absolute atomic E-state index is 10.3. The van der Waals surface area contributed by atoms with Crippen molar-refractivity contribution in [3.8, 4) is 0 Å². The zero-order valence-corrected chi connectivity index (χ0v) is 11.0. The first kappa shape index (κ1) is 13.2. The van der Waals surface area contributed by atoms with Gasteiger partial charge in [0.05, 0.1) is 0 Å². The molecule has 0 aromatic rings. The first-order chi connectivity index (χ1) is 7.47. The molecule has 0 unspecified atom stereocenters. The predicted molar refractivity (Wildman–Crippen MR) is 69.2 cm³/mol. The Labute approximate surface area is 99.6 Å². The van der Waals surface area contributed by atoms with Crippen molar-refractivity contribution in [2.24, 2.45) is 17.3 Å². The Morgan fingerprint density at radius 2 is 2.06 bits per heavy atom. The van der Waals surface area contributed by atoms with Crippen LogP contribution < -0.4 is 0 Å². The summed E-state index contributed by atoms with van der Waals surface area (Å²) < 4.78 is 0. The summed E-state index contributed by atoms with van der Waals surface area (Å²) in [5.41, 5.74) is 1.44. The third kappa shape index (κ3) is 3.33. The van der Waals surface area contributed by atoms with Crippen molar-refractivity contribution in [3.63, 3.8) is 0 Å². The highest BCUT2D eigenvalue weighted by Crippen LogP contribution is 2.44. The summed E-state index contributed by atoms with van der Waals surface area (Å²) in [5.74, 6) is 1.39. The molecule has 1 nitrogen and oxygen atoms in total. The Bertz CT molecular complexity index is 297. The van der Waals surface area contributed by atoms with E-state index in [0.717, 1.165) is 17.8 Å². The molecule has 0 spiro atoms. The van der Waals surface area contributed by atoms with E-state index in [9.17, 15) is 4.79 Å². The number of carbonyl (C=O) groups is 1. The van der Waals surface area contributed by atoms with Crippen LogP contribution in [-0.4, -0.2) is 6.29 Å². The molecule has 1 heteroatoms. The third-order valence-electron chi connectivity index (χ3n) is 3.89. The molecule has 1 saturated carbocycles. The summed E-state index contributed by atoms with van der Waals surface area (Å²) in [6.45, 7) is 9.03. The summed E-state index contributed by atoms with van der Waals surface area (Å²) in [7, 11) is 0. The van der Waals surface area contributed by atoms with Crippen molar-refractivity contribution >= 4 is 6.29 Å². The van der Waals surface area contributed by atoms with Gasteiger partial charge in [0.1, 0.15) is 6.29 Å². The van der Waals surface area contributed by atoms with E-state index >= 15 is 0 Å². The van der Waals surface area contributed by atoms with E-state index < -0.39 is 0 Å². The number of aldehydes is 1. The minimum absolute atomic E-state index is 0.398. The zero-order chi connectivity index (χ0) is 12.2. The monoisotopic (exact) mass is 220 g/mol. The van der Waals surface area contributed by atoms with Crippen LogP contribution in [0.4, 0.5) is 0 Å². The Kier molecular flexibility index (Phi) is 4.52. The standard InChI is InChI=1S/C15H24O/c1-12(9-11-16)7-8-14-13(2)6-5-10-15(14,3)4/h7-9,11,13-14H,5-6,10H2,1-4H3/b8-7+,12-9+/t13-,14+/m0/s1. The van der Waals surface area contributed by atoms with Gasteiger partial charge in [0.15, 0.2) is 0 Å². The lowest BCUT2D eigenvalue weighted by molar-refractivity contribution is -0.104. The van der Waals surface area contributed by atoms with Gasteiger partial charge in [-0.1, -0.05) is 45.8 Å². The van der Waals surface area contributed by atoms with Crippen molar-refractivity contribution in [1.29, 1.82) is 0 Å².